The zero-order chi connectivity index (χ0) is 16.2. The van der Waals surface area contributed by atoms with Crippen molar-refractivity contribution in [3.8, 4) is 10.6 Å². The second-order valence-corrected chi connectivity index (χ2v) is 6.87. The number of nitrogens with zero attached hydrogens (tertiary/aromatic N) is 3. The fourth-order valence-corrected chi connectivity index (χ4v) is 3.73. The Hall–Kier alpha value is -1.95. The van der Waals surface area contributed by atoms with Crippen molar-refractivity contribution in [1.29, 1.82) is 0 Å². The molecule has 0 spiro atoms. The molecule has 1 amide bonds. The average molecular weight is 331 g/mol. The number of piperidine rings is 1. The second-order valence-electron chi connectivity index (χ2n) is 5.92. The minimum atomic E-state index is -0.0794. The lowest BCUT2D eigenvalue weighted by Crippen LogP contribution is -2.42. The maximum Gasteiger partial charge on any atom is 0.266 e. The molecule has 2 aromatic heterocycles. The average Bonchev–Trinajstić information content (AvgIpc) is 3.11. The van der Waals surface area contributed by atoms with Gasteiger partial charge in [0.05, 0.1) is 4.88 Å². The van der Waals surface area contributed by atoms with Gasteiger partial charge >= 0.3 is 0 Å². The molecular weight excluding hydrogens is 310 g/mol. The molecule has 2 aromatic rings. The number of aromatic nitrogens is 2. The van der Waals surface area contributed by atoms with Crippen molar-refractivity contribution >= 4 is 17.2 Å². The Kier molecular flexibility index (Phi) is 4.91. The molecule has 0 unspecified atom stereocenters. The van der Waals surface area contributed by atoms with Gasteiger partial charge in [0, 0.05) is 32.1 Å². The van der Waals surface area contributed by atoms with Gasteiger partial charge in [-0.3, -0.25) is 9.59 Å². The Balaban J connectivity index is 1.76. The largest absolute Gasteiger partial charge is 0.342 e. The summed E-state index contributed by atoms with van der Waals surface area (Å²) in [5.74, 6) is 0.491. The van der Waals surface area contributed by atoms with Crippen molar-refractivity contribution in [2.75, 3.05) is 13.1 Å². The van der Waals surface area contributed by atoms with E-state index in [9.17, 15) is 9.59 Å². The third-order valence-corrected chi connectivity index (χ3v) is 5.14. The third-order valence-electron chi connectivity index (χ3n) is 4.25. The molecule has 0 saturated carbocycles. The van der Waals surface area contributed by atoms with Crippen LogP contribution in [0.15, 0.2) is 34.4 Å². The first-order chi connectivity index (χ1) is 11.2. The quantitative estimate of drug-likeness (QED) is 0.865. The first-order valence-electron chi connectivity index (χ1n) is 8.07. The molecule has 0 N–H and O–H groups in total. The topological polar surface area (TPSA) is 55.2 Å². The Labute approximate surface area is 139 Å². The number of carbonyl (C=O) groups is 1. The Morgan fingerprint density at radius 2 is 2.26 bits per heavy atom. The van der Waals surface area contributed by atoms with Crippen molar-refractivity contribution in [3.63, 3.8) is 0 Å². The first kappa shape index (κ1) is 15.9. The molecule has 1 aliphatic rings. The number of rotatable bonds is 4. The highest BCUT2D eigenvalue weighted by Crippen LogP contribution is 2.22. The van der Waals surface area contributed by atoms with Crippen LogP contribution >= 0.6 is 11.3 Å². The van der Waals surface area contributed by atoms with Crippen LogP contribution in [0.1, 0.15) is 26.2 Å². The van der Waals surface area contributed by atoms with Gasteiger partial charge in [-0.05, 0) is 36.3 Å². The van der Waals surface area contributed by atoms with E-state index in [-0.39, 0.29) is 11.5 Å². The summed E-state index contributed by atoms with van der Waals surface area (Å²) >= 11 is 1.61. The molecule has 122 valence electrons. The number of carbonyl (C=O) groups excluding carboxylic acids is 1. The maximum absolute atomic E-state index is 12.1. The molecule has 1 saturated heterocycles. The van der Waals surface area contributed by atoms with E-state index in [0.29, 0.717) is 18.9 Å². The van der Waals surface area contributed by atoms with E-state index in [1.807, 2.05) is 29.3 Å². The highest BCUT2D eigenvalue weighted by Gasteiger charge is 2.23. The number of hydrogen-bond donors (Lipinski definition) is 0. The number of likely N-dealkylation sites (tertiary alicyclic amines) is 1. The molecule has 1 atom stereocenters. The molecule has 1 aliphatic heterocycles. The van der Waals surface area contributed by atoms with E-state index in [4.69, 9.17) is 0 Å². The van der Waals surface area contributed by atoms with E-state index in [2.05, 4.69) is 5.10 Å². The molecule has 0 radical (unpaired) electrons. The maximum atomic E-state index is 12.1. The van der Waals surface area contributed by atoms with Gasteiger partial charge in [0.15, 0.2) is 0 Å². The van der Waals surface area contributed by atoms with Gasteiger partial charge < -0.3 is 4.90 Å². The highest BCUT2D eigenvalue weighted by atomic mass is 32.1. The SMILES string of the molecule is CCC(=O)N1CCC[C@H](Cn2nc(-c3cccs3)ccc2=O)C1. The molecule has 0 aliphatic carbocycles. The molecule has 0 aromatic carbocycles. The minimum absolute atomic E-state index is 0.0794. The molecule has 3 heterocycles. The number of hydrogen-bond acceptors (Lipinski definition) is 4. The van der Waals surface area contributed by atoms with E-state index in [1.54, 1.807) is 28.2 Å². The molecule has 23 heavy (non-hydrogen) atoms. The van der Waals surface area contributed by atoms with Crippen molar-refractivity contribution < 1.29 is 4.79 Å². The summed E-state index contributed by atoms with van der Waals surface area (Å²) in [6, 6.07) is 7.34. The number of thiophene rings is 1. The van der Waals surface area contributed by atoms with Crippen LogP contribution < -0.4 is 5.56 Å². The van der Waals surface area contributed by atoms with Crippen LogP contribution in [0.2, 0.25) is 0 Å². The van der Waals surface area contributed by atoms with E-state index in [1.165, 1.54) is 0 Å². The van der Waals surface area contributed by atoms with E-state index in [0.717, 1.165) is 36.5 Å². The van der Waals surface area contributed by atoms with Crippen molar-refractivity contribution in [2.45, 2.75) is 32.7 Å². The lowest BCUT2D eigenvalue weighted by Gasteiger charge is -2.32. The van der Waals surface area contributed by atoms with Crippen LogP contribution in [0.25, 0.3) is 10.6 Å². The van der Waals surface area contributed by atoms with E-state index >= 15 is 0 Å². The van der Waals surface area contributed by atoms with E-state index < -0.39 is 0 Å². The van der Waals surface area contributed by atoms with Crippen molar-refractivity contribution in [3.05, 3.63) is 40.0 Å². The van der Waals surface area contributed by atoms with Gasteiger partial charge in [0.1, 0.15) is 5.69 Å². The Morgan fingerprint density at radius 3 is 3.00 bits per heavy atom. The fourth-order valence-electron chi connectivity index (χ4n) is 3.04. The summed E-state index contributed by atoms with van der Waals surface area (Å²) in [5, 5.41) is 6.51. The normalized spacial score (nSPS) is 18.1. The minimum Gasteiger partial charge on any atom is -0.342 e. The van der Waals surface area contributed by atoms with Gasteiger partial charge in [0.25, 0.3) is 5.56 Å². The monoisotopic (exact) mass is 331 g/mol. The summed E-state index contributed by atoms with van der Waals surface area (Å²) in [4.78, 5) is 27.0. The molecule has 1 fully saturated rings. The second kappa shape index (κ2) is 7.08. The predicted octanol–water partition coefficient (Wildman–Crippen LogP) is 2.62. The molecule has 0 bridgehead atoms. The molecule has 3 rings (SSSR count). The van der Waals surface area contributed by atoms with Crippen LogP contribution in [-0.4, -0.2) is 33.7 Å². The van der Waals surface area contributed by atoms with Crippen LogP contribution in [0.3, 0.4) is 0 Å². The van der Waals surface area contributed by atoms with Crippen molar-refractivity contribution in [2.24, 2.45) is 5.92 Å². The zero-order valence-electron chi connectivity index (χ0n) is 13.3. The van der Waals surface area contributed by atoms with Gasteiger partial charge in [-0.25, -0.2) is 4.68 Å². The Morgan fingerprint density at radius 1 is 1.39 bits per heavy atom. The van der Waals surface area contributed by atoms with Crippen LogP contribution in [-0.2, 0) is 11.3 Å². The fraction of sp³-hybridized carbons (Fsp3) is 0.471. The standard InChI is InChI=1S/C17H21N3O2S/c1-2-16(21)19-9-3-5-13(11-19)12-20-17(22)8-7-14(18-20)15-6-4-10-23-15/h4,6-8,10,13H,2-3,5,9,11-12H2,1H3/t13-/m0/s1. The molecule has 5 nitrogen and oxygen atoms in total. The predicted molar refractivity (Wildman–Crippen MR) is 91.4 cm³/mol. The molecule has 6 heteroatoms. The van der Waals surface area contributed by atoms with Crippen LogP contribution in [0.4, 0.5) is 0 Å². The number of amides is 1. The van der Waals surface area contributed by atoms with Crippen LogP contribution in [0.5, 0.6) is 0 Å². The summed E-state index contributed by atoms with van der Waals surface area (Å²) in [6.45, 7) is 4.03. The summed E-state index contributed by atoms with van der Waals surface area (Å²) < 4.78 is 1.56. The van der Waals surface area contributed by atoms with Crippen LogP contribution in [0, 0.1) is 5.92 Å². The molecular formula is C17H21N3O2S. The summed E-state index contributed by atoms with van der Waals surface area (Å²) in [5.41, 5.74) is 0.751. The summed E-state index contributed by atoms with van der Waals surface area (Å²) in [6.07, 6.45) is 2.57. The summed E-state index contributed by atoms with van der Waals surface area (Å²) in [7, 11) is 0. The highest BCUT2D eigenvalue weighted by molar-refractivity contribution is 7.13. The van der Waals surface area contributed by atoms with Gasteiger partial charge in [-0.15, -0.1) is 11.3 Å². The third kappa shape index (κ3) is 3.69. The van der Waals surface area contributed by atoms with Gasteiger partial charge in [0.2, 0.25) is 5.91 Å². The zero-order valence-corrected chi connectivity index (χ0v) is 14.1. The van der Waals surface area contributed by atoms with Gasteiger partial charge in [-0.1, -0.05) is 13.0 Å². The smallest absolute Gasteiger partial charge is 0.266 e. The lowest BCUT2D eigenvalue weighted by molar-refractivity contribution is -0.132. The van der Waals surface area contributed by atoms with Gasteiger partial charge in [-0.2, -0.15) is 5.10 Å². The first-order valence-corrected chi connectivity index (χ1v) is 8.95. The van der Waals surface area contributed by atoms with Crippen molar-refractivity contribution in [1.82, 2.24) is 14.7 Å². The lowest BCUT2D eigenvalue weighted by atomic mass is 9.98. The Bertz CT molecular complexity index is 724.